The van der Waals surface area contributed by atoms with Crippen LogP contribution in [0.5, 0.6) is 0 Å². The second-order valence-corrected chi connectivity index (χ2v) is 6.93. The summed E-state index contributed by atoms with van der Waals surface area (Å²) < 4.78 is 28.1. The molecule has 0 unspecified atom stereocenters. The Bertz CT molecular complexity index is 757. The maximum Gasteiger partial charge on any atom is 0.308 e. The van der Waals surface area contributed by atoms with Crippen molar-refractivity contribution in [2.75, 3.05) is 20.6 Å². The van der Waals surface area contributed by atoms with E-state index in [1.165, 1.54) is 26.6 Å². The summed E-state index contributed by atoms with van der Waals surface area (Å²) in [6, 6.07) is 3.63. The highest BCUT2D eigenvalue weighted by atomic mass is 32.2. The van der Waals surface area contributed by atoms with Crippen molar-refractivity contribution in [2.45, 2.75) is 12.5 Å². The van der Waals surface area contributed by atoms with Gasteiger partial charge in [-0.3, -0.25) is 0 Å². The first-order valence-electron chi connectivity index (χ1n) is 6.54. The summed E-state index contributed by atoms with van der Waals surface area (Å²) in [5.41, 5.74) is 9.10. The molecule has 0 radical (unpaired) electrons. The van der Waals surface area contributed by atoms with E-state index >= 15 is 0 Å². The molecule has 0 saturated heterocycles. The van der Waals surface area contributed by atoms with Crippen LogP contribution in [-0.2, 0) is 16.6 Å². The van der Waals surface area contributed by atoms with Gasteiger partial charge < -0.3 is 4.57 Å². The molecule has 0 amide bonds. The molecule has 0 bridgehead atoms. The summed E-state index contributed by atoms with van der Waals surface area (Å²) in [6.07, 6.45) is 6.94. The van der Waals surface area contributed by atoms with E-state index < -0.39 is 10.2 Å². The third-order valence-corrected chi connectivity index (χ3v) is 4.85. The number of hydrogen-bond acceptors (Lipinski definition) is 4. The molecule has 0 aromatic carbocycles. The minimum absolute atomic E-state index is 0.115. The number of hydrogen-bond donors (Lipinski definition) is 0. The van der Waals surface area contributed by atoms with Crippen LogP contribution in [0.4, 0.5) is 0 Å². The van der Waals surface area contributed by atoms with E-state index in [0.29, 0.717) is 12.1 Å². The predicted molar refractivity (Wildman–Crippen MR) is 81.4 cm³/mol. The molecule has 0 aliphatic carbocycles. The van der Waals surface area contributed by atoms with Crippen molar-refractivity contribution in [3.63, 3.8) is 0 Å². The topological polar surface area (TPSA) is 109 Å². The van der Waals surface area contributed by atoms with Crippen LogP contribution in [0.1, 0.15) is 11.7 Å². The number of aromatic nitrogens is 3. The van der Waals surface area contributed by atoms with Gasteiger partial charge in [0, 0.05) is 56.6 Å². The molecular formula is C12H17N7O2S. The third kappa shape index (κ3) is 3.48. The molecule has 10 heteroatoms. The van der Waals surface area contributed by atoms with Gasteiger partial charge in [0.15, 0.2) is 0 Å². The molecule has 2 heterocycles. The Hall–Kier alpha value is -2.29. The Morgan fingerprint density at radius 1 is 1.41 bits per heavy atom. The number of imidazole rings is 1. The van der Waals surface area contributed by atoms with E-state index in [1.54, 1.807) is 0 Å². The molecule has 9 nitrogen and oxygen atoms in total. The molecule has 0 fully saturated rings. The molecule has 2 rings (SSSR count). The molecule has 0 spiro atoms. The number of azide groups is 1. The van der Waals surface area contributed by atoms with E-state index in [-0.39, 0.29) is 12.6 Å². The second kappa shape index (κ2) is 6.65. The minimum atomic E-state index is -3.56. The second-order valence-electron chi connectivity index (χ2n) is 4.89. The van der Waals surface area contributed by atoms with Gasteiger partial charge in [-0.2, -0.15) is 12.7 Å². The van der Waals surface area contributed by atoms with Crippen molar-refractivity contribution in [1.29, 1.82) is 0 Å². The Morgan fingerprint density at radius 3 is 2.68 bits per heavy atom. The van der Waals surface area contributed by atoms with Crippen LogP contribution in [0.3, 0.4) is 0 Å². The van der Waals surface area contributed by atoms with Crippen molar-refractivity contribution < 1.29 is 8.42 Å². The Morgan fingerprint density at radius 2 is 2.09 bits per heavy atom. The van der Waals surface area contributed by atoms with E-state index in [1.807, 2.05) is 29.1 Å². The fraction of sp³-hybridized carbons (Fsp3) is 0.417. The van der Waals surface area contributed by atoms with Crippen LogP contribution in [0.2, 0.25) is 0 Å². The van der Waals surface area contributed by atoms with Crippen LogP contribution in [-0.4, -0.2) is 46.9 Å². The van der Waals surface area contributed by atoms with Crippen LogP contribution in [0.25, 0.3) is 10.4 Å². The SMILES string of the molecule is CN(C)S(=O)(=O)n1cnc(C[C@@H](CN=[N+]=[N-])n2cccc2)c1. The van der Waals surface area contributed by atoms with Gasteiger partial charge >= 0.3 is 10.2 Å². The fourth-order valence-corrected chi connectivity index (χ4v) is 2.79. The molecule has 22 heavy (non-hydrogen) atoms. The molecule has 118 valence electrons. The molecule has 1 atom stereocenters. The molecular weight excluding hydrogens is 306 g/mol. The van der Waals surface area contributed by atoms with Crippen molar-refractivity contribution in [3.8, 4) is 0 Å². The average molecular weight is 323 g/mol. The van der Waals surface area contributed by atoms with Gasteiger partial charge in [-0.25, -0.2) is 8.96 Å². The maximum atomic E-state index is 12.0. The van der Waals surface area contributed by atoms with Gasteiger partial charge in [0.2, 0.25) is 0 Å². The lowest BCUT2D eigenvalue weighted by molar-refractivity contribution is 0.504. The summed E-state index contributed by atoms with van der Waals surface area (Å²) in [6.45, 7) is 0.262. The predicted octanol–water partition coefficient (Wildman–Crippen LogP) is 1.43. The standard InChI is InChI=1S/C12H17N7O2S/c1-17(2)22(20,21)19-9-11(14-10-19)7-12(8-15-16-13)18-5-3-4-6-18/h3-6,9-10,12H,7-8H2,1-2H3/t12-/m0/s1. The summed E-state index contributed by atoms with van der Waals surface area (Å²) >= 11 is 0. The largest absolute Gasteiger partial charge is 0.351 e. The molecule has 0 saturated carbocycles. The smallest absolute Gasteiger partial charge is 0.308 e. The van der Waals surface area contributed by atoms with E-state index in [4.69, 9.17) is 5.53 Å². The van der Waals surface area contributed by atoms with Crippen LogP contribution in [0, 0.1) is 0 Å². The minimum Gasteiger partial charge on any atom is -0.351 e. The van der Waals surface area contributed by atoms with Crippen molar-refractivity contribution in [2.24, 2.45) is 5.11 Å². The zero-order valence-corrected chi connectivity index (χ0v) is 13.1. The highest BCUT2D eigenvalue weighted by Gasteiger charge is 2.18. The summed E-state index contributed by atoms with van der Waals surface area (Å²) in [4.78, 5) is 6.91. The van der Waals surface area contributed by atoms with Crippen molar-refractivity contribution in [3.05, 3.63) is 53.2 Å². The zero-order chi connectivity index (χ0) is 16.2. The van der Waals surface area contributed by atoms with Gasteiger partial charge in [-0.05, 0) is 17.7 Å². The lowest BCUT2D eigenvalue weighted by atomic mass is 10.1. The highest BCUT2D eigenvalue weighted by molar-refractivity contribution is 7.87. The van der Waals surface area contributed by atoms with Crippen LogP contribution >= 0.6 is 0 Å². The average Bonchev–Trinajstić information content (AvgIpc) is 3.14. The lowest BCUT2D eigenvalue weighted by Gasteiger charge is -2.15. The zero-order valence-electron chi connectivity index (χ0n) is 12.3. The number of rotatable bonds is 7. The summed E-state index contributed by atoms with van der Waals surface area (Å²) in [5.74, 6) is 0. The Kier molecular flexibility index (Phi) is 4.86. The summed E-state index contributed by atoms with van der Waals surface area (Å²) in [7, 11) is -0.649. The van der Waals surface area contributed by atoms with Gasteiger partial charge in [-0.1, -0.05) is 5.11 Å². The van der Waals surface area contributed by atoms with Gasteiger partial charge in [-0.15, -0.1) is 0 Å². The van der Waals surface area contributed by atoms with Gasteiger partial charge in [0.1, 0.15) is 6.33 Å². The van der Waals surface area contributed by atoms with E-state index in [0.717, 1.165) is 8.28 Å². The Balaban J connectivity index is 2.21. The molecule has 2 aromatic heterocycles. The quantitative estimate of drug-likeness (QED) is 0.437. The highest BCUT2D eigenvalue weighted by Crippen LogP contribution is 2.15. The molecule has 0 N–H and O–H groups in total. The first-order chi connectivity index (χ1) is 10.4. The first kappa shape index (κ1) is 16.1. The van der Waals surface area contributed by atoms with Crippen molar-refractivity contribution in [1.82, 2.24) is 17.8 Å². The normalized spacial score (nSPS) is 13.0. The van der Waals surface area contributed by atoms with Crippen molar-refractivity contribution >= 4 is 10.2 Å². The molecule has 0 aliphatic rings. The number of nitrogens with zero attached hydrogens (tertiary/aromatic N) is 7. The first-order valence-corrected chi connectivity index (χ1v) is 7.94. The van der Waals surface area contributed by atoms with Gasteiger partial charge in [0.25, 0.3) is 0 Å². The third-order valence-electron chi connectivity index (χ3n) is 3.19. The van der Waals surface area contributed by atoms with E-state index in [2.05, 4.69) is 15.0 Å². The molecule has 0 aliphatic heterocycles. The van der Waals surface area contributed by atoms with E-state index in [9.17, 15) is 8.42 Å². The summed E-state index contributed by atoms with van der Waals surface area (Å²) in [5, 5.41) is 3.61. The fourth-order valence-electron chi connectivity index (χ4n) is 1.99. The van der Waals surface area contributed by atoms with Crippen LogP contribution in [0.15, 0.2) is 42.2 Å². The van der Waals surface area contributed by atoms with Gasteiger partial charge in [0.05, 0.1) is 5.69 Å². The maximum absolute atomic E-state index is 12.0. The Labute approximate surface area is 128 Å². The lowest BCUT2D eigenvalue weighted by Crippen LogP contribution is -2.27. The van der Waals surface area contributed by atoms with Crippen LogP contribution < -0.4 is 0 Å². The molecule has 2 aromatic rings. The monoisotopic (exact) mass is 323 g/mol.